The van der Waals surface area contributed by atoms with Crippen LogP contribution in [0.15, 0.2) is 64.7 Å². The normalized spacial score (nSPS) is 15.8. The summed E-state index contributed by atoms with van der Waals surface area (Å²) in [6, 6.07) is 5.46. The molecule has 16 heteroatoms. The number of hydrogen-bond donors (Lipinski definition) is 1. The van der Waals surface area contributed by atoms with Crippen molar-refractivity contribution in [3.8, 4) is 5.69 Å². The Morgan fingerprint density at radius 1 is 1.12 bits per heavy atom. The zero-order chi connectivity index (χ0) is 35.2. The number of ketones is 1. The average molecular weight is 680 g/mol. The van der Waals surface area contributed by atoms with Gasteiger partial charge in [-0.2, -0.15) is 13.2 Å². The molecule has 2 atom stereocenters. The van der Waals surface area contributed by atoms with Crippen LogP contribution in [0.2, 0.25) is 0 Å². The van der Waals surface area contributed by atoms with Gasteiger partial charge in [0.15, 0.2) is 11.4 Å². The molecule has 49 heavy (non-hydrogen) atoms. The van der Waals surface area contributed by atoms with Gasteiger partial charge in [-0.25, -0.2) is 23.7 Å². The zero-order valence-corrected chi connectivity index (χ0v) is 26.4. The smallest absolute Gasteiger partial charge is 0.377 e. The number of Topliss-reactive ketones (excluding diaryl/α,β-unsaturated/α-hetero) is 1. The second-order valence-electron chi connectivity index (χ2n) is 11.7. The van der Waals surface area contributed by atoms with Gasteiger partial charge in [-0.15, -0.1) is 0 Å². The van der Waals surface area contributed by atoms with Gasteiger partial charge in [0.25, 0.3) is 11.5 Å². The molecule has 0 aliphatic carbocycles. The number of aromatic nitrogens is 5. The van der Waals surface area contributed by atoms with E-state index in [0.29, 0.717) is 10.9 Å². The number of fused-ring (bicyclic) bond motifs is 2. The van der Waals surface area contributed by atoms with E-state index in [4.69, 9.17) is 4.74 Å². The Balaban J connectivity index is 1.32. The van der Waals surface area contributed by atoms with Crippen molar-refractivity contribution in [2.45, 2.75) is 38.5 Å². The Morgan fingerprint density at radius 3 is 2.61 bits per heavy atom. The fraction of sp³-hybridized carbons (Fsp3) is 0.303. The van der Waals surface area contributed by atoms with E-state index >= 15 is 4.39 Å². The number of benzene rings is 2. The van der Waals surface area contributed by atoms with Crippen LogP contribution in [-0.2, 0) is 23.0 Å². The predicted octanol–water partition coefficient (Wildman–Crippen LogP) is 3.17. The molecule has 1 N–H and O–H groups in total. The minimum atomic E-state index is -4.62. The van der Waals surface area contributed by atoms with Gasteiger partial charge in [0, 0.05) is 43.5 Å². The van der Waals surface area contributed by atoms with Crippen LogP contribution in [0.3, 0.4) is 0 Å². The van der Waals surface area contributed by atoms with Gasteiger partial charge in [-0.05, 0) is 49.2 Å². The number of rotatable bonds is 7. The van der Waals surface area contributed by atoms with Crippen LogP contribution in [0, 0.1) is 12.7 Å². The lowest BCUT2D eigenvalue weighted by molar-refractivity contribution is -0.167. The molecule has 4 heterocycles. The summed E-state index contributed by atoms with van der Waals surface area (Å²) in [5, 5.41) is 3.16. The number of ether oxygens (including phenoxy) is 1. The van der Waals surface area contributed by atoms with Crippen molar-refractivity contribution in [3.05, 3.63) is 98.5 Å². The molecule has 0 spiro atoms. The summed E-state index contributed by atoms with van der Waals surface area (Å²) in [6.07, 6.45) is -0.678. The first-order chi connectivity index (χ1) is 23.3. The van der Waals surface area contributed by atoms with Gasteiger partial charge in [0.1, 0.15) is 23.6 Å². The highest BCUT2D eigenvalue weighted by Crippen LogP contribution is 2.33. The highest BCUT2D eigenvalue weighted by Gasteiger charge is 2.45. The van der Waals surface area contributed by atoms with Crippen molar-refractivity contribution in [1.29, 1.82) is 0 Å². The zero-order valence-electron chi connectivity index (χ0n) is 26.4. The summed E-state index contributed by atoms with van der Waals surface area (Å²) in [5.41, 5.74) is -0.589. The van der Waals surface area contributed by atoms with Crippen molar-refractivity contribution < 1.29 is 31.9 Å². The van der Waals surface area contributed by atoms with Crippen molar-refractivity contribution >= 4 is 39.3 Å². The number of carbonyl (C=O) groups is 2. The summed E-state index contributed by atoms with van der Waals surface area (Å²) >= 11 is 0. The Hall–Kier alpha value is -5.51. The van der Waals surface area contributed by atoms with Gasteiger partial charge in [-0.1, -0.05) is 12.1 Å². The third-order valence-corrected chi connectivity index (χ3v) is 8.56. The topological polar surface area (TPSA) is 141 Å². The molecule has 12 nitrogen and oxygen atoms in total. The second kappa shape index (κ2) is 12.8. The lowest BCUT2D eigenvalue weighted by Gasteiger charge is -2.38. The van der Waals surface area contributed by atoms with Crippen LogP contribution in [0.1, 0.15) is 28.4 Å². The second-order valence-corrected chi connectivity index (χ2v) is 11.7. The number of alkyl halides is 3. The first-order valence-electron chi connectivity index (χ1n) is 15.1. The summed E-state index contributed by atoms with van der Waals surface area (Å²) < 4.78 is 63.6. The van der Waals surface area contributed by atoms with E-state index in [0.717, 1.165) is 15.5 Å². The Labute approximate surface area is 275 Å². The van der Waals surface area contributed by atoms with Crippen molar-refractivity contribution in [2.24, 2.45) is 7.05 Å². The van der Waals surface area contributed by atoms with E-state index in [1.54, 1.807) is 18.2 Å². The van der Waals surface area contributed by atoms with Gasteiger partial charge >= 0.3 is 11.9 Å². The Bertz CT molecular complexity index is 2230. The van der Waals surface area contributed by atoms with E-state index in [2.05, 4.69) is 20.3 Å². The summed E-state index contributed by atoms with van der Waals surface area (Å²) in [5.74, 6) is -2.43. The largest absolute Gasteiger partial charge is 0.411 e. The van der Waals surface area contributed by atoms with Crippen molar-refractivity contribution in [3.63, 3.8) is 0 Å². The number of pyridine rings is 1. The fourth-order valence-corrected chi connectivity index (χ4v) is 6.09. The minimum absolute atomic E-state index is 0.0194. The van der Waals surface area contributed by atoms with Crippen LogP contribution in [-0.4, -0.2) is 73.8 Å². The third-order valence-electron chi connectivity index (χ3n) is 8.56. The fourth-order valence-electron chi connectivity index (χ4n) is 6.09. The molecule has 6 rings (SSSR count). The molecular formula is C33H29F4N7O5. The van der Waals surface area contributed by atoms with Crippen LogP contribution < -0.4 is 21.5 Å². The molecule has 2 unspecified atom stereocenters. The minimum Gasteiger partial charge on any atom is -0.377 e. The van der Waals surface area contributed by atoms with Gasteiger partial charge in [0.05, 0.1) is 36.0 Å². The van der Waals surface area contributed by atoms with E-state index < -0.39 is 59.2 Å². The molecule has 0 bridgehead atoms. The van der Waals surface area contributed by atoms with E-state index in [-0.39, 0.29) is 53.1 Å². The maximum Gasteiger partial charge on any atom is 0.411 e. The van der Waals surface area contributed by atoms with Crippen LogP contribution in [0.4, 0.5) is 23.2 Å². The number of hydrogen-bond acceptors (Lipinski definition) is 9. The van der Waals surface area contributed by atoms with E-state index in [1.165, 1.54) is 56.3 Å². The highest BCUT2D eigenvalue weighted by atomic mass is 19.4. The Morgan fingerprint density at radius 2 is 1.90 bits per heavy atom. The number of morpholine rings is 1. The monoisotopic (exact) mass is 679 g/mol. The first-order valence-corrected chi connectivity index (χ1v) is 15.1. The number of anilines is 1. The maximum absolute atomic E-state index is 15.5. The first kappa shape index (κ1) is 33.4. The number of nitrogens with one attached hydrogen (secondary N) is 1. The summed E-state index contributed by atoms with van der Waals surface area (Å²) in [6.45, 7) is 1.94. The van der Waals surface area contributed by atoms with Crippen LogP contribution in [0.25, 0.3) is 27.6 Å². The lowest BCUT2D eigenvalue weighted by Crippen LogP contribution is -2.53. The van der Waals surface area contributed by atoms with Crippen molar-refractivity contribution in [1.82, 2.24) is 29.4 Å². The standard InChI is InChI=1S/C33H29F4N7O5/c1-17-11-20(43-9-10-49-15-26(43)33(35,36)37)13-23(34)27(17)30(46)41-24(18(2)45)12-19-6-7-25(28-21(19)5-4-8-39-28)44-31(47)22-14-38-16-40-29(22)42(3)32(44)48/h4-8,11,13-14,16,24,26H,9-10,12,15H2,1-3H3,(H,41,46). The third kappa shape index (κ3) is 6.14. The van der Waals surface area contributed by atoms with Gasteiger partial charge < -0.3 is 15.0 Å². The number of halogens is 4. The molecule has 0 saturated carbocycles. The molecule has 254 valence electrons. The molecule has 1 saturated heterocycles. The van der Waals surface area contributed by atoms with Gasteiger partial charge in [0.2, 0.25) is 0 Å². The summed E-state index contributed by atoms with van der Waals surface area (Å²) in [7, 11) is 1.47. The van der Waals surface area contributed by atoms with Gasteiger partial charge in [-0.3, -0.25) is 23.9 Å². The number of aryl methyl sites for hydroxylation is 2. The molecular weight excluding hydrogens is 650 g/mol. The molecule has 1 aliphatic rings. The quantitative estimate of drug-likeness (QED) is 0.257. The maximum atomic E-state index is 15.5. The average Bonchev–Trinajstić information content (AvgIpc) is 3.07. The molecule has 1 amide bonds. The predicted molar refractivity (Wildman–Crippen MR) is 170 cm³/mol. The van der Waals surface area contributed by atoms with Crippen molar-refractivity contribution in [2.75, 3.05) is 24.7 Å². The number of amides is 1. The molecule has 5 aromatic rings. The summed E-state index contributed by atoms with van der Waals surface area (Å²) in [4.78, 5) is 66.3. The number of nitrogens with zero attached hydrogens (tertiary/aromatic N) is 6. The van der Waals surface area contributed by atoms with Crippen LogP contribution >= 0.6 is 0 Å². The molecule has 2 aromatic carbocycles. The SMILES string of the molecule is CC(=O)C(Cc1ccc(-n2c(=O)c3cncnc3n(C)c2=O)c2ncccc12)NC(=O)c1c(C)cc(N2CCOCC2C(F)(F)F)cc1F. The molecule has 1 fully saturated rings. The molecule has 0 radical (unpaired) electrons. The molecule has 1 aliphatic heterocycles. The van der Waals surface area contributed by atoms with E-state index in [1.807, 2.05) is 0 Å². The Kier molecular flexibility index (Phi) is 8.75. The van der Waals surface area contributed by atoms with E-state index in [9.17, 15) is 32.3 Å². The molecule has 3 aromatic heterocycles. The number of carbonyl (C=O) groups excluding carboxylic acids is 2. The lowest BCUT2D eigenvalue weighted by atomic mass is 9.97. The van der Waals surface area contributed by atoms with Crippen LogP contribution in [0.5, 0.6) is 0 Å². The highest BCUT2D eigenvalue weighted by molar-refractivity contribution is 5.99.